The normalized spacial score (nSPS) is 10.9. The van der Waals surface area contributed by atoms with E-state index in [0.717, 1.165) is 16.5 Å². The average Bonchev–Trinajstić information content (AvgIpc) is 2.77. The van der Waals surface area contributed by atoms with Gasteiger partial charge in [0.1, 0.15) is 0 Å². The van der Waals surface area contributed by atoms with Crippen LogP contribution in [0.5, 0.6) is 0 Å². The van der Waals surface area contributed by atoms with E-state index in [1.807, 2.05) is 24.3 Å². The van der Waals surface area contributed by atoms with Gasteiger partial charge in [-0.25, -0.2) is 0 Å². The minimum Gasteiger partial charge on any atom is -0.374 e. The maximum absolute atomic E-state index is 6.12. The summed E-state index contributed by atoms with van der Waals surface area (Å²) < 4.78 is 4.19. The summed E-state index contributed by atoms with van der Waals surface area (Å²) in [6.07, 6.45) is 1.72. The highest BCUT2D eigenvalue weighted by atomic mass is 35.5. The molecule has 0 aliphatic carbocycles. The fourth-order valence-corrected chi connectivity index (χ4v) is 2.32. The smallest absolute Gasteiger partial charge is 0.200 e. The Labute approximate surface area is 106 Å². The number of hydrogen-bond donors (Lipinski definition) is 1. The molecule has 3 aromatic rings. The lowest BCUT2D eigenvalue weighted by atomic mass is 10.1. The van der Waals surface area contributed by atoms with Gasteiger partial charge in [0, 0.05) is 28.7 Å². The van der Waals surface area contributed by atoms with E-state index in [0.29, 0.717) is 16.0 Å². The quantitative estimate of drug-likeness (QED) is 0.732. The number of nitrogens with two attached hydrogens (primary N) is 1. The van der Waals surface area contributed by atoms with Crippen LogP contribution >= 0.6 is 23.1 Å². The predicted molar refractivity (Wildman–Crippen MR) is 70.1 cm³/mol. The molecule has 0 bridgehead atoms. The summed E-state index contributed by atoms with van der Waals surface area (Å²) in [5.41, 5.74) is 7.22. The van der Waals surface area contributed by atoms with Crippen molar-refractivity contribution in [1.82, 2.24) is 14.3 Å². The van der Waals surface area contributed by atoms with E-state index in [1.54, 1.807) is 6.20 Å². The Morgan fingerprint density at radius 3 is 2.88 bits per heavy atom. The van der Waals surface area contributed by atoms with E-state index in [1.165, 1.54) is 11.5 Å². The van der Waals surface area contributed by atoms with Crippen LogP contribution in [-0.4, -0.2) is 14.3 Å². The van der Waals surface area contributed by atoms with Crippen LogP contribution in [0.15, 0.2) is 30.5 Å². The van der Waals surface area contributed by atoms with E-state index >= 15 is 0 Å². The molecule has 0 saturated heterocycles. The predicted octanol–water partition coefficient (Wildman–Crippen LogP) is 2.99. The van der Waals surface area contributed by atoms with Gasteiger partial charge in [0.25, 0.3) is 0 Å². The van der Waals surface area contributed by atoms with E-state index in [-0.39, 0.29) is 0 Å². The molecule has 2 aromatic heterocycles. The minimum absolute atomic E-state index is 0.444. The molecule has 1 aromatic carbocycles. The molecule has 2 heterocycles. The van der Waals surface area contributed by atoms with Gasteiger partial charge in [-0.05, 0) is 24.3 Å². The lowest BCUT2D eigenvalue weighted by Gasteiger charge is -2.03. The molecule has 0 radical (unpaired) electrons. The first-order chi connectivity index (χ1) is 8.25. The van der Waals surface area contributed by atoms with Gasteiger partial charge < -0.3 is 5.73 Å². The molecule has 0 fully saturated rings. The number of hydrogen-bond acceptors (Lipinski definition) is 5. The maximum Gasteiger partial charge on any atom is 0.200 e. The summed E-state index contributed by atoms with van der Waals surface area (Å²) in [5.74, 6) is 0.591. The molecule has 0 unspecified atom stereocenters. The highest BCUT2D eigenvalue weighted by molar-refractivity contribution is 7.09. The number of halogens is 1. The van der Waals surface area contributed by atoms with Crippen molar-refractivity contribution in [1.29, 1.82) is 0 Å². The van der Waals surface area contributed by atoms with Crippen LogP contribution in [0.3, 0.4) is 0 Å². The third-order valence-electron chi connectivity index (χ3n) is 2.40. The zero-order valence-electron chi connectivity index (χ0n) is 8.59. The van der Waals surface area contributed by atoms with Gasteiger partial charge in [0.05, 0.1) is 10.5 Å². The first-order valence-electron chi connectivity index (χ1n) is 4.88. The molecule has 17 heavy (non-hydrogen) atoms. The molecule has 0 atom stereocenters. The molecular formula is C11H7ClN4S. The number of fused-ring (bicyclic) bond motifs is 1. The minimum atomic E-state index is 0.444. The summed E-state index contributed by atoms with van der Waals surface area (Å²) in [4.78, 5) is 8.49. The van der Waals surface area contributed by atoms with Crippen molar-refractivity contribution in [2.45, 2.75) is 0 Å². The summed E-state index contributed by atoms with van der Waals surface area (Å²) in [6.45, 7) is 0. The van der Waals surface area contributed by atoms with Gasteiger partial charge in [-0.3, -0.25) is 4.98 Å². The van der Waals surface area contributed by atoms with Gasteiger partial charge >= 0.3 is 0 Å². The average molecular weight is 263 g/mol. The Balaban J connectivity index is 2.34. The summed E-state index contributed by atoms with van der Waals surface area (Å²) >= 11 is 7.29. The molecule has 3 rings (SSSR count). The summed E-state index contributed by atoms with van der Waals surface area (Å²) in [5, 5.41) is 2.00. The number of benzene rings is 1. The topological polar surface area (TPSA) is 64.7 Å². The lowest BCUT2D eigenvalue weighted by Crippen LogP contribution is -1.88. The van der Waals surface area contributed by atoms with Gasteiger partial charge in [-0.1, -0.05) is 11.6 Å². The van der Waals surface area contributed by atoms with Crippen LogP contribution in [0.25, 0.3) is 22.3 Å². The van der Waals surface area contributed by atoms with Crippen molar-refractivity contribution >= 4 is 39.2 Å². The fourth-order valence-electron chi connectivity index (χ4n) is 1.66. The summed E-state index contributed by atoms with van der Waals surface area (Å²) in [6, 6.07) is 7.45. The van der Waals surface area contributed by atoms with Crippen molar-refractivity contribution in [2.75, 3.05) is 5.73 Å². The van der Waals surface area contributed by atoms with Crippen molar-refractivity contribution in [3.63, 3.8) is 0 Å². The van der Waals surface area contributed by atoms with Crippen molar-refractivity contribution in [3.8, 4) is 11.4 Å². The fraction of sp³-hybridized carbons (Fsp3) is 0. The molecule has 0 spiro atoms. The Morgan fingerprint density at radius 1 is 1.24 bits per heavy atom. The van der Waals surface area contributed by atoms with E-state index in [4.69, 9.17) is 17.3 Å². The van der Waals surface area contributed by atoms with Crippen LogP contribution < -0.4 is 5.73 Å². The molecule has 84 valence electrons. The van der Waals surface area contributed by atoms with Crippen LogP contribution in [0, 0.1) is 0 Å². The van der Waals surface area contributed by atoms with Crippen LogP contribution in [0.2, 0.25) is 5.02 Å². The highest BCUT2D eigenvalue weighted by Gasteiger charge is 2.11. The van der Waals surface area contributed by atoms with E-state index in [2.05, 4.69) is 14.3 Å². The standard InChI is InChI=1S/C11H7ClN4S/c12-8-4-3-7(10-15-11(13)17-16-10)9-6(8)2-1-5-14-9/h1-5H,(H2,13,15,16). The van der Waals surface area contributed by atoms with Crippen molar-refractivity contribution < 1.29 is 0 Å². The SMILES string of the molecule is Nc1nc(-c2ccc(Cl)c3cccnc23)ns1. The second-order valence-corrected chi connectivity index (χ2v) is 4.64. The largest absolute Gasteiger partial charge is 0.374 e. The first-order valence-corrected chi connectivity index (χ1v) is 6.03. The van der Waals surface area contributed by atoms with Gasteiger partial charge in [-0.15, -0.1) is 0 Å². The first kappa shape index (κ1) is 10.4. The second-order valence-electron chi connectivity index (χ2n) is 3.45. The van der Waals surface area contributed by atoms with Gasteiger partial charge in [0.15, 0.2) is 11.0 Å². The van der Waals surface area contributed by atoms with Crippen molar-refractivity contribution in [3.05, 3.63) is 35.5 Å². The van der Waals surface area contributed by atoms with Gasteiger partial charge in [0.2, 0.25) is 0 Å². The Bertz CT molecular complexity index is 695. The molecule has 0 amide bonds. The van der Waals surface area contributed by atoms with Crippen LogP contribution in [0.1, 0.15) is 0 Å². The van der Waals surface area contributed by atoms with Crippen LogP contribution in [0.4, 0.5) is 5.13 Å². The molecule has 0 aliphatic rings. The number of anilines is 1. The number of nitrogen functional groups attached to an aromatic ring is 1. The molecular weight excluding hydrogens is 256 g/mol. The third-order valence-corrected chi connectivity index (χ3v) is 3.27. The molecule has 6 heteroatoms. The molecule has 2 N–H and O–H groups in total. The highest BCUT2D eigenvalue weighted by Crippen LogP contribution is 2.30. The number of pyridine rings is 1. The van der Waals surface area contributed by atoms with Gasteiger partial charge in [-0.2, -0.15) is 9.36 Å². The Morgan fingerprint density at radius 2 is 2.12 bits per heavy atom. The number of nitrogens with zero attached hydrogens (tertiary/aromatic N) is 3. The summed E-state index contributed by atoms with van der Waals surface area (Å²) in [7, 11) is 0. The van der Waals surface area contributed by atoms with E-state index in [9.17, 15) is 0 Å². The zero-order chi connectivity index (χ0) is 11.8. The zero-order valence-corrected chi connectivity index (χ0v) is 10.2. The lowest BCUT2D eigenvalue weighted by molar-refractivity contribution is 1.32. The Kier molecular flexibility index (Phi) is 2.42. The number of rotatable bonds is 1. The van der Waals surface area contributed by atoms with Crippen LogP contribution in [-0.2, 0) is 0 Å². The molecule has 0 saturated carbocycles. The number of aromatic nitrogens is 3. The second kappa shape index (κ2) is 3.94. The van der Waals surface area contributed by atoms with E-state index < -0.39 is 0 Å². The monoisotopic (exact) mass is 262 g/mol. The third kappa shape index (κ3) is 1.73. The molecule has 4 nitrogen and oxygen atoms in total. The Hall–Kier alpha value is -1.72. The van der Waals surface area contributed by atoms with Crippen molar-refractivity contribution in [2.24, 2.45) is 0 Å². The maximum atomic E-state index is 6.12. The molecule has 0 aliphatic heterocycles.